The number of anilines is 1. The van der Waals surface area contributed by atoms with Gasteiger partial charge >= 0.3 is 0 Å². The SMILES string of the molecule is CCS(=O)(=O)N1CC(=O)N(c2ccc(C)cc2)[C@@](C)(C(=O)NC2CCCCCCC2)C1. The number of benzene rings is 1. The van der Waals surface area contributed by atoms with Crippen molar-refractivity contribution in [3.63, 3.8) is 0 Å². The number of piperazine rings is 1. The van der Waals surface area contributed by atoms with E-state index in [0.29, 0.717) is 5.69 Å². The summed E-state index contributed by atoms with van der Waals surface area (Å²) in [6.45, 7) is 4.88. The second kappa shape index (κ2) is 9.69. The molecular weight excluding hydrogens is 414 g/mol. The molecule has 172 valence electrons. The van der Waals surface area contributed by atoms with Crippen LogP contribution in [0.5, 0.6) is 0 Å². The summed E-state index contributed by atoms with van der Waals surface area (Å²) in [5.74, 6) is -0.782. The van der Waals surface area contributed by atoms with Gasteiger partial charge in [0.2, 0.25) is 21.8 Å². The standard InChI is InChI=1S/C23H35N3O4S/c1-4-31(29,30)25-16-21(27)26(20-14-12-18(2)13-15-20)23(3,17-25)22(28)24-19-10-8-6-5-7-9-11-19/h12-15,19H,4-11,16-17H2,1-3H3,(H,24,28)/t23-/m1/s1. The molecule has 1 aliphatic carbocycles. The molecule has 7 nitrogen and oxygen atoms in total. The Labute approximate surface area is 186 Å². The van der Waals surface area contributed by atoms with Crippen LogP contribution in [0.15, 0.2) is 24.3 Å². The quantitative estimate of drug-likeness (QED) is 0.749. The average Bonchev–Trinajstić information content (AvgIpc) is 2.70. The molecule has 31 heavy (non-hydrogen) atoms. The third kappa shape index (κ3) is 5.29. The van der Waals surface area contributed by atoms with Crippen LogP contribution in [0.1, 0.15) is 64.4 Å². The van der Waals surface area contributed by atoms with Crippen molar-refractivity contribution >= 4 is 27.5 Å². The van der Waals surface area contributed by atoms with E-state index in [-0.39, 0.29) is 36.7 Å². The molecule has 1 saturated carbocycles. The molecule has 1 N–H and O–H groups in total. The van der Waals surface area contributed by atoms with E-state index in [9.17, 15) is 18.0 Å². The molecular formula is C23H35N3O4S. The summed E-state index contributed by atoms with van der Waals surface area (Å²) in [7, 11) is -3.61. The van der Waals surface area contributed by atoms with E-state index in [1.54, 1.807) is 13.8 Å². The number of hydrogen-bond acceptors (Lipinski definition) is 4. The van der Waals surface area contributed by atoms with Crippen molar-refractivity contribution < 1.29 is 18.0 Å². The van der Waals surface area contributed by atoms with Crippen LogP contribution in [0, 0.1) is 6.92 Å². The Morgan fingerprint density at radius 2 is 1.68 bits per heavy atom. The summed E-state index contributed by atoms with van der Waals surface area (Å²) < 4.78 is 26.4. The molecule has 1 atom stereocenters. The normalized spacial score (nSPS) is 24.5. The van der Waals surface area contributed by atoms with Gasteiger partial charge in [0.15, 0.2) is 0 Å². The summed E-state index contributed by atoms with van der Waals surface area (Å²) in [6.07, 6.45) is 7.53. The second-order valence-corrected chi connectivity index (χ2v) is 11.3. The van der Waals surface area contributed by atoms with Gasteiger partial charge in [-0.25, -0.2) is 8.42 Å². The van der Waals surface area contributed by atoms with Crippen LogP contribution in [0.4, 0.5) is 5.69 Å². The molecule has 2 amide bonds. The molecule has 2 aliphatic rings. The van der Waals surface area contributed by atoms with Gasteiger partial charge in [-0.3, -0.25) is 14.5 Å². The van der Waals surface area contributed by atoms with Gasteiger partial charge in [0.05, 0.1) is 12.3 Å². The van der Waals surface area contributed by atoms with Gasteiger partial charge in [-0.05, 0) is 45.7 Å². The Hall–Kier alpha value is -1.93. The van der Waals surface area contributed by atoms with Crippen LogP contribution in [-0.2, 0) is 19.6 Å². The van der Waals surface area contributed by atoms with E-state index in [1.807, 2.05) is 31.2 Å². The van der Waals surface area contributed by atoms with E-state index >= 15 is 0 Å². The Balaban J connectivity index is 1.94. The zero-order valence-electron chi connectivity index (χ0n) is 18.9. The van der Waals surface area contributed by atoms with Crippen LogP contribution in [-0.4, -0.2) is 55.0 Å². The lowest BCUT2D eigenvalue weighted by Crippen LogP contribution is -2.71. The first kappa shape index (κ1) is 23.7. The Morgan fingerprint density at radius 1 is 1.10 bits per heavy atom. The third-order valence-corrected chi connectivity index (χ3v) is 8.29. The monoisotopic (exact) mass is 449 g/mol. The maximum Gasteiger partial charge on any atom is 0.247 e. The summed E-state index contributed by atoms with van der Waals surface area (Å²) >= 11 is 0. The summed E-state index contributed by atoms with van der Waals surface area (Å²) in [5.41, 5.74) is 0.332. The van der Waals surface area contributed by atoms with Gasteiger partial charge in [0, 0.05) is 18.3 Å². The van der Waals surface area contributed by atoms with Crippen molar-refractivity contribution in [1.29, 1.82) is 0 Å². The Morgan fingerprint density at radius 3 is 2.26 bits per heavy atom. The largest absolute Gasteiger partial charge is 0.351 e. The number of rotatable bonds is 5. The second-order valence-electron chi connectivity index (χ2n) is 9.02. The highest BCUT2D eigenvalue weighted by Gasteiger charge is 2.50. The fourth-order valence-electron chi connectivity index (χ4n) is 4.58. The van der Waals surface area contributed by atoms with Gasteiger partial charge in [0.25, 0.3) is 0 Å². The maximum absolute atomic E-state index is 13.6. The molecule has 1 saturated heterocycles. The highest BCUT2D eigenvalue weighted by molar-refractivity contribution is 7.89. The first-order valence-corrected chi connectivity index (χ1v) is 13.0. The van der Waals surface area contributed by atoms with Crippen molar-refractivity contribution in [3.05, 3.63) is 29.8 Å². The molecule has 1 aromatic rings. The van der Waals surface area contributed by atoms with Gasteiger partial charge in [-0.15, -0.1) is 0 Å². The van der Waals surface area contributed by atoms with Crippen LogP contribution in [0.3, 0.4) is 0 Å². The molecule has 3 rings (SSSR count). The van der Waals surface area contributed by atoms with Crippen molar-refractivity contribution in [3.8, 4) is 0 Å². The predicted molar refractivity (Wildman–Crippen MR) is 122 cm³/mol. The van der Waals surface area contributed by atoms with Gasteiger partial charge < -0.3 is 5.32 Å². The van der Waals surface area contributed by atoms with E-state index in [2.05, 4.69) is 5.32 Å². The number of amides is 2. The number of carbonyl (C=O) groups is 2. The first-order chi connectivity index (χ1) is 14.7. The van der Waals surface area contributed by atoms with Crippen molar-refractivity contribution in [2.45, 2.75) is 77.3 Å². The fraction of sp³-hybridized carbons (Fsp3) is 0.652. The number of sulfonamides is 1. The predicted octanol–water partition coefficient (Wildman–Crippen LogP) is 2.98. The molecule has 2 fully saturated rings. The highest BCUT2D eigenvalue weighted by Crippen LogP contribution is 2.31. The van der Waals surface area contributed by atoms with Crippen molar-refractivity contribution in [2.75, 3.05) is 23.7 Å². The zero-order chi connectivity index (χ0) is 22.6. The lowest BCUT2D eigenvalue weighted by molar-refractivity contribution is -0.133. The first-order valence-electron chi connectivity index (χ1n) is 11.4. The average molecular weight is 450 g/mol. The smallest absolute Gasteiger partial charge is 0.247 e. The van der Waals surface area contributed by atoms with Crippen LogP contribution in [0.2, 0.25) is 0 Å². The lowest BCUT2D eigenvalue weighted by atomic mass is 9.92. The lowest BCUT2D eigenvalue weighted by Gasteiger charge is -2.47. The minimum absolute atomic E-state index is 0.0535. The highest BCUT2D eigenvalue weighted by atomic mass is 32.2. The van der Waals surface area contributed by atoms with Gasteiger partial charge in [0.1, 0.15) is 5.54 Å². The maximum atomic E-state index is 13.6. The minimum Gasteiger partial charge on any atom is -0.351 e. The van der Waals surface area contributed by atoms with Crippen LogP contribution >= 0.6 is 0 Å². The fourth-order valence-corrected chi connectivity index (χ4v) is 5.70. The number of nitrogens with one attached hydrogen (secondary N) is 1. The zero-order valence-corrected chi connectivity index (χ0v) is 19.7. The topological polar surface area (TPSA) is 86.8 Å². The number of carbonyl (C=O) groups excluding carboxylic acids is 2. The molecule has 0 bridgehead atoms. The van der Waals surface area contributed by atoms with Crippen LogP contribution < -0.4 is 10.2 Å². The van der Waals surface area contributed by atoms with E-state index in [1.165, 1.54) is 24.2 Å². The molecule has 0 radical (unpaired) electrons. The summed E-state index contributed by atoms with van der Waals surface area (Å²) in [6, 6.07) is 7.48. The number of hydrogen-bond donors (Lipinski definition) is 1. The van der Waals surface area contributed by atoms with Gasteiger partial charge in [-0.1, -0.05) is 49.8 Å². The molecule has 1 aliphatic heterocycles. The van der Waals surface area contributed by atoms with Crippen molar-refractivity contribution in [2.24, 2.45) is 0 Å². The minimum atomic E-state index is -3.61. The molecule has 0 unspecified atom stereocenters. The number of aryl methyl sites for hydroxylation is 1. The Kier molecular flexibility index (Phi) is 7.42. The molecule has 1 heterocycles. The molecule has 0 aromatic heterocycles. The molecule has 0 spiro atoms. The summed E-state index contributed by atoms with van der Waals surface area (Å²) in [5, 5.41) is 3.16. The van der Waals surface area contributed by atoms with E-state index < -0.39 is 15.6 Å². The van der Waals surface area contributed by atoms with Gasteiger partial charge in [-0.2, -0.15) is 4.31 Å². The number of nitrogens with zero attached hydrogens (tertiary/aromatic N) is 2. The Bertz CT molecular complexity index is 892. The van der Waals surface area contributed by atoms with E-state index in [4.69, 9.17) is 0 Å². The molecule has 8 heteroatoms. The molecule has 1 aromatic carbocycles. The summed E-state index contributed by atoms with van der Waals surface area (Å²) in [4.78, 5) is 28.3. The van der Waals surface area contributed by atoms with Crippen molar-refractivity contribution in [1.82, 2.24) is 9.62 Å². The van der Waals surface area contributed by atoms with E-state index in [0.717, 1.165) is 35.6 Å². The van der Waals surface area contributed by atoms with Crippen LogP contribution in [0.25, 0.3) is 0 Å². The third-order valence-electron chi connectivity index (χ3n) is 6.52.